The van der Waals surface area contributed by atoms with E-state index in [1.807, 2.05) is 43.8 Å². The van der Waals surface area contributed by atoms with Crippen LogP contribution in [0.2, 0.25) is 0 Å². The number of nitrogens with zero attached hydrogens (tertiary/aromatic N) is 4. The second kappa shape index (κ2) is 11.3. The Morgan fingerprint density at radius 2 is 1.83 bits per heavy atom. The number of amides is 1. The Morgan fingerprint density at radius 1 is 1.11 bits per heavy atom. The van der Waals surface area contributed by atoms with Gasteiger partial charge in [-0.2, -0.15) is 5.10 Å². The van der Waals surface area contributed by atoms with Crippen molar-refractivity contribution in [3.05, 3.63) is 46.3 Å². The van der Waals surface area contributed by atoms with E-state index in [0.29, 0.717) is 44.1 Å². The summed E-state index contributed by atoms with van der Waals surface area (Å²) in [6.07, 6.45) is 1.04. The molecule has 2 aromatic heterocycles. The molecule has 0 aliphatic carbocycles. The number of benzene rings is 1. The standard InChI is InChI=1S/C27H37N5O4/c1-17-21(18(2)29-27-26(17)19(3)30-31(27)4)8-10-25(33)28-16-22(32-11-13-36-14-12-32)20-7-9-23(34-5)24(15-20)35-6/h7,9,15,22H,8,10-14,16H2,1-6H3,(H,28,33)/t22-/m0/s1. The van der Waals surface area contributed by atoms with Crippen LogP contribution in [0.1, 0.15) is 40.5 Å². The van der Waals surface area contributed by atoms with Crippen LogP contribution in [-0.2, 0) is 23.0 Å². The fraction of sp³-hybridized carbons (Fsp3) is 0.519. The minimum absolute atomic E-state index is 0.0113. The molecule has 0 unspecified atom stereocenters. The largest absolute Gasteiger partial charge is 0.493 e. The second-order valence-corrected chi connectivity index (χ2v) is 9.29. The maximum absolute atomic E-state index is 13.0. The molecule has 3 aromatic rings. The molecule has 1 N–H and O–H groups in total. The Kier molecular flexibility index (Phi) is 8.11. The lowest BCUT2D eigenvalue weighted by atomic mass is 9.99. The van der Waals surface area contributed by atoms with Gasteiger partial charge in [0.15, 0.2) is 17.1 Å². The van der Waals surface area contributed by atoms with E-state index in [1.165, 1.54) is 0 Å². The highest BCUT2D eigenvalue weighted by Gasteiger charge is 2.25. The van der Waals surface area contributed by atoms with Crippen LogP contribution in [0.3, 0.4) is 0 Å². The fourth-order valence-electron chi connectivity index (χ4n) is 5.17. The van der Waals surface area contributed by atoms with Crippen molar-refractivity contribution in [2.45, 2.75) is 39.7 Å². The van der Waals surface area contributed by atoms with Crippen LogP contribution >= 0.6 is 0 Å². The SMILES string of the molecule is COc1ccc([C@H](CNC(=O)CCc2c(C)nc3c(c(C)nn3C)c2C)N2CCOCC2)cc1OC. The number of aryl methyl sites for hydroxylation is 4. The Balaban J connectivity index is 1.47. The molecule has 3 heterocycles. The molecule has 4 rings (SSSR count). The van der Waals surface area contributed by atoms with E-state index in [-0.39, 0.29) is 11.9 Å². The van der Waals surface area contributed by atoms with Crippen LogP contribution < -0.4 is 14.8 Å². The Labute approximate surface area is 212 Å². The maximum Gasteiger partial charge on any atom is 0.220 e. The number of aromatic nitrogens is 3. The molecule has 0 spiro atoms. The van der Waals surface area contributed by atoms with E-state index in [0.717, 1.165) is 52.2 Å². The molecule has 1 aliphatic rings. The predicted molar refractivity (Wildman–Crippen MR) is 139 cm³/mol. The summed E-state index contributed by atoms with van der Waals surface area (Å²) in [6, 6.07) is 5.96. The molecule has 9 nitrogen and oxygen atoms in total. The van der Waals surface area contributed by atoms with Crippen LogP contribution in [0, 0.1) is 20.8 Å². The number of morpholine rings is 1. The van der Waals surface area contributed by atoms with Crippen molar-refractivity contribution in [1.82, 2.24) is 25.0 Å². The normalized spacial score (nSPS) is 15.2. The topological polar surface area (TPSA) is 90.7 Å². The predicted octanol–water partition coefficient (Wildman–Crippen LogP) is 3.03. The van der Waals surface area contributed by atoms with Crippen molar-refractivity contribution < 1.29 is 19.0 Å². The third-order valence-electron chi connectivity index (χ3n) is 7.10. The minimum atomic E-state index is 0.0113. The van der Waals surface area contributed by atoms with Crippen LogP contribution in [-0.4, -0.2) is 72.6 Å². The molecular formula is C27H37N5O4. The number of fused-ring (bicyclic) bond motifs is 1. The quantitative estimate of drug-likeness (QED) is 0.488. The van der Waals surface area contributed by atoms with Gasteiger partial charge in [-0.1, -0.05) is 6.07 Å². The number of hydrogen-bond acceptors (Lipinski definition) is 7. The van der Waals surface area contributed by atoms with Crippen molar-refractivity contribution in [1.29, 1.82) is 0 Å². The lowest BCUT2D eigenvalue weighted by Crippen LogP contribution is -2.43. The third-order valence-corrected chi connectivity index (χ3v) is 7.10. The highest BCUT2D eigenvalue weighted by molar-refractivity contribution is 5.84. The number of hydrogen-bond donors (Lipinski definition) is 1. The first-order chi connectivity index (χ1) is 17.3. The van der Waals surface area contributed by atoms with Crippen molar-refractivity contribution >= 4 is 16.9 Å². The number of ether oxygens (including phenoxy) is 3. The molecule has 0 bridgehead atoms. The number of pyridine rings is 1. The highest BCUT2D eigenvalue weighted by Crippen LogP contribution is 2.32. The van der Waals surface area contributed by atoms with Gasteiger partial charge in [0.05, 0.1) is 39.2 Å². The molecule has 9 heteroatoms. The Bertz CT molecular complexity index is 1230. The maximum atomic E-state index is 13.0. The van der Waals surface area contributed by atoms with Crippen molar-refractivity contribution in [3.63, 3.8) is 0 Å². The van der Waals surface area contributed by atoms with Gasteiger partial charge in [0.2, 0.25) is 5.91 Å². The lowest BCUT2D eigenvalue weighted by Gasteiger charge is -2.35. The average Bonchev–Trinajstić information content (AvgIpc) is 3.17. The van der Waals surface area contributed by atoms with Gasteiger partial charge in [-0.05, 0) is 56.0 Å². The summed E-state index contributed by atoms with van der Waals surface area (Å²) >= 11 is 0. The Morgan fingerprint density at radius 3 is 2.53 bits per heavy atom. The smallest absolute Gasteiger partial charge is 0.220 e. The molecule has 1 fully saturated rings. The lowest BCUT2D eigenvalue weighted by molar-refractivity contribution is -0.121. The molecule has 0 saturated carbocycles. The zero-order valence-electron chi connectivity index (χ0n) is 22.2. The van der Waals surface area contributed by atoms with E-state index in [2.05, 4.69) is 22.2 Å². The van der Waals surface area contributed by atoms with Crippen molar-refractivity contribution in [2.75, 3.05) is 47.1 Å². The summed E-state index contributed by atoms with van der Waals surface area (Å²) in [4.78, 5) is 20.1. The van der Waals surface area contributed by atoms with Gasteiger partial charge in [0.25, 0.3) is 0 Å². The molecule has 1 aromatic carbocycles. The van der Waals surface area contributed by atoms with Gasteiger partial charge in [0.1, 0.15) is 0 Å². The van der Waals surface area contributed by atoms with E-state index >= 15 is 0 Å². The second-order valence-electron chi connectivity index (χ2n) is 9.29. The van der Waals surface area contributed by atoms with Gasteiger partial charge in [-0.25, -0.2) is 4.98 Å². The van der Waals surface area contributed by atoms with E-state index in [9.17, 15) is 4.79 Å². The van der Waals surface area contributed by atoms with E-state index < -0.39 is 0 Å². The average molecular weight is 496 g/mol. The zero-order valence-corrected chi connectivity index (χ0v) is 22.2. The van der Waals surface area contributed by atoms with E-state index in [4.69, 9.17) is 19.2 Å². The first-order valence-electron chi connectivity index (χ1n) is 12.4. The van der Waals surface area contributed by atoms with Gasteiger partial charge < -0.3 is 19.5 Å². The first kappa shape index (κ1) is 25.9. The minimum Gasteiger partial charge on any atom is -0.493 e. The van der Waals surface area contributed by atoms with Crippen LogP contribution in [0.4, 0.5) is 0 Å². The van der Waals surface area contributed by atoms with E-state index in [1.54, 1.807) is 14.2 Å². The molecule has 1 aliphatic heterocycles. The molecular weight excluding hydrogens is 458 g/mol. The van der Waals surface area contributed by atoms with Gasteiger partial charge in [-0.3, -0.25) is 14.4 Å². The summed E-state index contributed by atoms with van der Waals surface area (Å²) in [6.45, 7) is 9.60. The monoisotopic (exact) mass is 495 g/mol. The molecule has 1 atom stereocenters. The molecule has 194 valence electrons. The summed E-state index contributed by atoms with van der Waals surface area (Å²) in [5.41, 5.74) is 6.16. The molecule has 1 amide bonds. The number of carbonyl (C=O) groups is 1. The summed E-state index contributed by atoms with van der Waals surface area (Å²) in [5.74, 6) is 1.39. The van der Waals surface area contributed by atoms with Gasteiger partial charge >= 0.3 is 0 Å². The van der Waals surface area contributed by atoms with Crippen LogP contribution in [0.5, 0.6) is 11.5 Å². The molecule has 1 saturated heterocycles. The number of methoxy groups -OCH3 is 2. The summed E-state index contributed by atoms with van der Waals surface area (Å²) < 4.78 is 18.3. The first-order valence-corrected chi connectivity index (χ1v) is 12.4. The summed E-state index contributed by atoms with van der Waals surface area (Å²) in [7, 11) is 5.18. The fourth-order valence-corrected chi connectivity index (χ4v) is 5.17. The summed E-state index contributed by atoms with van der Waals surface area (Å²) in [5, 5.41) is 8.78. The molecule has 36 heavy (non-hydrogen) atoms. The Hall–Kier alpha value is -3.17. The van der Waals surface area contributed by atoms with Gasteiger partial charge in [-0.15, -0.1) is 0 Å². The highest BCUT2D eigenvalue weighted by atomic mass is 16.5. The number of rotatable bonds is 9. The zero-order chi connectivity index (χ0) is 25.8. The van der Waals surface area contributed by atoms with Crippen molar-refractivity contribution in [2.24, 2.45) is 7.05 Å². The molecule has 0 radical (unpaired) electrons. The van der Waals surface area contributed by atoms with Crippen molar-refractivity contribution in [3.8, 4) is 11.5 Å². The van der Waals surface area contributed by atoms with Gasteiger partial charge in [0, 0.05) is 44.2 Å². The van der Waals surface area contributed by atoms with Crippen LogP contribution in [0.15, 0.2) is 18.2 Å². The number of nitrogens with one attached hydrogen (secondary N) is 1. The van der Waals surface area contributed by atoms with Crippen LogP contribution in [0.25, 0.3) is 11.0 Å². The third kappa shape index (κ3) is 5.32. The number of carbonyl (C=O) groups excluding carboxylic acids is 1.